The number of anilines is 2. The number of hydrogen-bond donors (Lipinski definition) is 3. The van der Waals surface area contributed by atoms with Crippen molar-refractivity contribution in [1.82, 2.24) is 9.55 Å². The number of thiophene rings is 1. The predicted octanol–water partition coefficient (Wildman–Crippen LogP) is 1.83. The summed E-state index contributed by atoms with van der Waals surface area (Å²) in [5.41, 5.74) is 0.723. The minimum Gasteiger partial charge on any atom is -0.492 e. The van der Waals surface area contributed by atoms with E-state index >= 15 is 0 Å². The lowest BCUT2D eigenvalue weighted by Gasteiger charge is -2.04. The number of carbonyl (C=O) groups excluding carboxylic acids is 1. The van der Waals surface area contributed by atoms with Gasteiger partial charge in [-0.2, -0.15) is 16.3 Å². The van der Waals surface area contributed by atoms with E-state index in [0.717, 1.165) is 5.69 Å². The van der Waals surface area contributed by atoms with Crippen molar-refractivity contribution in [2.45, 2.75) is 0 Å². The predicted molar refractivity (Wildman–Crippen MR) is 61.8 cm³/mol. The summed E-state index contributed by atoms with van der Waals surface area (Å²) in [4.78, 5) is 15.2. The van der Waals surface area contributed by atoms with Gasteiger partial charge in [0.1, 0.15) is 0 Å². The van der Waals surface area contributed by atoms with Crippen LogP contribution in [0.25, 0.3) is 0 Å². The van der Waals surface area contributed by atoms with Crippen LogP contribution in [-0.4, -0.2) is 20.7 Å². The Morgan fingerprint density at radius 2 is 2.38 bits per heavy atom. The molecule has 6 nitrogen and oxygen atoms in total. The van der Waals surface area contributed by atoms with Crippen LogP contribution in [0.2, 0.25) is 0 Å². The summed E-state index contributed by atoms with van der Waals surface area (Å²) in [5, 5.41) is 17.9. The number of nitrogens with one attached hydrogen (secondary N) is 2. The van der Waals surface area contributed by atoms with Crippen LogP contribution in [0.3, 0.4) is 0 Å². The van der Waals surface area contributed by atoms with Gasteiger partial charge in [0.25, 0.3) is 0 Å². The van der Waals surface area contributed by atoms with Crippen LogP contribution in [0, 0.1) is 0 Å². The van der Waals surface area contributed by atoms with E-state index < -0.39 is 6.03 Å². The van der Waals surface area contributed by atoms with Crippen LogP contribution in [0.1, 0.15) is 0 Å². The zero-order valence-corrected chi connectivity index (χ0v) is 9.28. The van der Waals surface area contributed by atoms with Crippen molar-refractivity contribution < 1.29 is 9.90 Å². The first-order valence-corrected chi connectivity index (χ1v) is 5.42. The first kappa shape index (κ1) is 10.5. The van der Waals surface area contributed by atoms with Gasteiger partial charge in [-0.15, -0.1) is 0 Å². The van der Waals surface area contributed by atoms with Crippen LogP contribution < -0.4 is 10.6 Å². The van der Waals surface area contributed by atoms with Gasteiger partial charge in [0.05, 0.1) is 11.9 Å². The van der Waals surface area contributed by atoms with E-state index in [1.807, 2.05) is 10.8 Å². The smallest absolute Gasteiger partial charge is 0.326 e. The molecule has 0 radical (unpaired) electrons. The van der Waals surface area contributed by atoms with Crippen molar-refractivity contribution in [2.75, 3.05) is 10.6 Å². The van der Waals surface area contributed by atoms with Gasteiger partial charge in [0.2, 0.25) is 11.8 Å². The van der Waals surface area contributed by atoms with Crippen molar-refractivity contribution in [1.29, 1.82) is 0 Å². The van der Waals surface area contributed by atoms with E-state index in [2.05, 4.69) is 15.6 Å². The Morgan fingerprint density at radius 1 is 1.56 bits per heavy atom. The molecule has 2 aromatic rings. The van der Waals surface area contributed by atoms with Crippen LogP contribution in [0.4, 0.5) is 16.4 Å². The van der Waals surface area contributed by atoms with Crippen molar-refractivity contribution >= 4 is 29.0 Å². The number of imidazole rings is 1. The Kier molecular flexibility index (Phi) is 2.78. The number of carbonyl (C=O) groups is 1. The molecule has 0 unspecified atom stereocenters. The van der Waals surface area contributed by atoms with E-state index in [4.69, 9.17) is 5.11 Å². The van der Waals surface area contributed by atoms with Gasteiger partial charge in [0, 0.05) is 12.4 Å². The van der Waals surface area contributed by atoms with Gasteiger partial charge in [-0.3, -0.25) is 5.32 Å². The zero-order valence-electron chi connectivity index (χ0n) is 8.47. The number of nitrogens with zero attached hydrogens (tertiary/aromatic N) is 2. The monoisotopic (exact) mass is 238 g/mol. The fourth-order valence-electron chi connectivity index (χ4n) is 1.17. The molecule has 7 heteroatoms. The third kappa shape index (κ3) is 2.31. The number of aromatic nitrogens is 2. The fourth-order valence-corrected chi connectivity index (χ4v) is 1.75. The zero-order chi connectivity index (χ0) is 11.5. The molecule has 0 saturated carbocycles. The van der Waals surface area contributed by atoms with Gasteiger partial charge < -0.3 is 15.0 Å². The molecule has 0 aliphatic rings. The molecule has 0 atom stereocenters. The average molecular weight is 238 g/mol. The van der Waals surface area contributed by atoms with Gasteiger partial charge >= 0.3 is 6.03 Å². The highest BCUT2D eigenvalue weighted by molar-refractivity contribution is 7.08. The molecule has 16 heavy (non-hydrogen) atoms. The summed E-state index contributed by atoms with van der Waals surface area (Å²) in [6.45, 7) is 0. The summed E-state index contributed by atoms with van der Waals surface area (Å²) in [5.74, 6) is 0.151. The summed E-state index contributed by atoms with van der Waals surface area (Å²) in [6, 6.07) is 1.40. The lowest BCUT2D eigenvalue weighted by atomic mass is 10.5. The van der Waals surface area contributed by atoms with Crippen LogP contribution >= 0.6 is 11.3 Å². The number of rotatable bonds is 2. The molecular formula is C9H10N4O2S. The van der Waals surface area contributed by atoms with Crippen LogP contribution in [-0.2, 0) is 7.05 Å². The molecule has 0 bridgehead atoms. The largest absolute Gasteiger partial charge is 0.492 e. The van der Waals surface area contributed by atoms with E-state index in [9.17, 15) is 4.79 Å². The molecule has 0 aliphatic carbocycles. The standard InChI is InChI=1S/C9H10N4O2S/c1-13-4-7(14)11-8(13)12-9(15)10-6-2-3-16-5-6/h2-5,14H,1H3,(H2,10,11,12,15). The average Bonchev–Trinajstić information content (AvgIpc) is 2.78. The van der Waals surface area contributed by atoms with Gasteiger partial charge in [0.15, 0.2) is 0 Å². The molecule has 0 fully saturated rings. The highest BCUT2D eigenvalue weighted by atomic mass is 32.1. The highest BCUT2D eigenvalue weighted by Gasteiger charge is 2.08. The topological polar surface area (TPSA) is 79.2 Å². The Balaban J connectivity index is 2.00. The molecule has 3 N–H and O–H groups in total. The minimum absolute atomic E-state index is 0.131. The van der Waals surface area contributed by atoms with E-state index in [-0.39, 0.29) is 11.8 Å². The quantitative estimate of drug-likeness (QED) is 0.746. The molecule has 2 amide bonds. The maximum atomic E-state index is 11.5. The number of hydrogen-bond acceptors (Lipinski definition) is 4. The molecule has 0 aliphatic heterocycles. The SMILES string of the molecule is Cn1cc(O)nc1NC(=O)Nc1ccsc1. The van der Waals surface area contributed by atoms with Crippen molar-refractivity contribution in [3.05, 3.63) is 23.0 Å². The van der Waals surface area contributed by atoms with E-state index in [0.29, 0.717) is 0 Å². The number of amides is 2. The summed E-state index contributed by atoms with van der Waals surface area (Å²) in [7, 11) is 1.67. The maximum Gasteiger partial charge on any atom is 0.326 e. The van der Waals surface area contributed by atoms with Crippen LogP contribution in [0.5, 0.6) is 5.88 Å². The van der Waals surface area contributed by atoms with E-state index in [1.54, 1.807) is 13.1 Å². The van der Waals surface area contributed by atoms with Gasteiger partial charge in [-0.25, -0.2) is 4.79 Å². The number of aryl methyl sites for hydroxylation is 1. The molecule has 0 aromatic carbocycles. The highest BCUT2D eigenvalue weighted by Crippen LogP contribution is 2.14. The minimum atomic E-state index is -0.396. The molecule has 0 spiro atoms. The third-order valence-electron chi connectivity index (χ3n) is 1.87. The summed E-state index contributed by atoms with van der Waals surface area (Å²) >= 11 is 1.49. The first-order chi connectivity index (χ1) is 7.65. The van der Waals surface area contributed by atoms with Crippen molar-refractivity contribution in [2.24, 2.45) is 7.05 Å². The number of aromatic hydroxyl groups is 1. The lowest BCUT2D eigenvalue weighted by Crippen LogP contribution is -2.21. The summed E-state index contributed by atoms with van der Waals surface area (Å²) in [6.07, 6.45) is 1.40. The lowest BCUT2D eigenvalue weighted by molar-refractivity contribution is 0.262. The Morgan fingerprint density at radius 3 is 2.94 bits per heavy atom. The Hall–Kier alpha value is -2.02. The first-order valence-electron chi connectivity index (χ1n) is 4.47. The van der Waals surface area contributed by atoms with Crippen LogP contribution in [0.15, 0.2) is 23.0 Å². The molecule has 2 rings (SSSR count). The van der Waals surface area contributed by atoms with Gasteiger partial charge in [-0.05, 0) is 11.4 Å². The maximum absolute atomic E-state index is 11.5. The second-order valence-corrected chi connectivity index (χ2v) is 3.90. The third-order valence-corrected chi connectivity index (χ3v) is 2.55. The van der Waals surface area contributed by atoms with Crippen molar-refractivity contribution in [3.63, 3.8) is 0 Å². The van der Waals surface area contributed by atoms with Crippen molar-refractivity contribution in [3.8, 4) is 5.88 Å². The second-order valence-electron chi connectivity index (χ2n) is 3.12. The molecule has 2 aromatic heterocycles. The van der Waals surface area contributed by atoms with Gasteiger partial charge in [-0.1, -0.05) is 0 Å². The molecule has 2 heterocycles. The Labute approximate surface area is 95.6 Å². The Bertz CT molecular complexity index is 492. The molecule has 84 valence electrons. The number of urea groups is 1. The molecule has 0 saturated heterocycles. The molecular weight excluding hydrogens is 228 g/mol. The van der Waals surface area contributed by atoms with E-state index in [1.165, 1.54) is 22.1 Å². The fraction of sp³-hybridized carbons (Fsp3) is 0.111. The normalized spacial score (nSPS) is 10.1. The second kappa shape index (κ2) is 4.23. The summed E-state index contributed by atoms with van der Waals surface area (Å²) < 4.78 is 1.52.